The topological polar surface area (TPSA) is 68.2 Å². The molecule has 0 fully saturated rings. The van der Waals surface area contributed by atoms with E-state index >= 15 is 0 Å². The maximum absolute atomic E-state index is 12.7. The molecule has 0 saturated carbocycles. The monoisotopic (exact) mass is 361 g/mol. The quantitative estimate of drug-likeness (QED) is 0.768. The summed E-state index contributed by atoms with van der Waals surface area (Å²) >= 11 is 0. The van der Waals surface area contributed by atoms with Crippen molar-refractivity contribution in [2.24, 2.45) is 0 Å². The van der Waals surface area contributed by atoms with Crippen molar-refractivity contribution >= 4 is 5.97 Å². The smallest absolute Gasteiger partial charge is 0.320 e. The van der Waals surface area contributed by atoms with E-state index in [-0.39, 0.29) is 0 Å². The van der Waals surface area contributed by atoms with Gasteiger partial charge in [-0.25, -0.2) is 0 Å². The van der Waals surface area contributed by atoms with E-state index in [2.05, 4.69) is 4.90 Å². The zero-order chi connectivity index (χ0) is 19.3. The van der Waals surface area contributed by atoms with Gasteiger partial charge in [-0.1, -0.05) is 44.2 Å². The summed E-state index contributed by atoms with van der Waals surface area (Å²) in [4.78, 5) is 14.8. The van der Waals surface area contributed by atoms with Gasteiger partial charge in [0.05, 0.1) is 27.4 Å². The van der Waals surface area contributed by atoms with Crippen LogP contribution in [0.1, 0.15) is 19.4 Å². The number of carboxylic acids is 1. The molecular weight excluding hydrogens is 334 g/mol. The molecule has 0 spiro atoms. The van der Waals surface area contributed by atoms with Crippen molar-refractivity contribution in [1.29, 1.82) is 0 Å². The summed E-state index contributed by atoms with van der Waals surface area (Å²) in [5.41, 5.74) is -0.713. The molecule has 6 heteroatoms. The van der Waals surface area contributed by atoms with Crippen LogP contribution in [0.2, 0.25) is 0 Å². The van der Waals surface area contributed by atoms with Crippen LogP contribution in [0.25, 0.3) is 0 Å². The first kappa shape index (κ1) is 19.8. The van der Waals surface area contributed by atoms with E-state index in [0.717, 1.165) is 0 Å². The molecule has 1 aliphatic carbocycles. The SMILES string of the molecule is CCN(CC)C1C(OC)=C(OC)C(OC)=CC1(C(=O)O)c1ccccc1. The van der Waals surface area contributed by atoms with Crippen LogP contribution in [0.5, 0.6) is 0 Å². The molecule has 26 heavy (non-hydrogen) atoms. The van der Waals surface area contributed by atoms with Crippen LogP contribution in [-0.2, 0) is 24.4 Å². The van der Waals surface area contributed by atoms with E-state index in [4.69, 9.17) is 14.2 Å². The third-order valence-corrected chi connectivity index (χ3v) is 4.91. The first-order valence-electron chi connectivity index (χ1n) is 8.64. The van der Waals surface area contributed by atoms with Crippen molar-refractivity contribution in [1.82, 2.24) is 4.90 Å². The maximum Gasteiger partial charge on any atom is 0.320 e. The summed E-state index contributed by atoms with van der Waals surface area (Å²) in [6.07, 6.45) is 1.63. The highest BCUT2D eigenvalue weighted by Crippen LogP contribution is 2.44. The van der Waals surface area contributed by atoms with Gasteiger partial charge >= 0.3 is 5.97 Å². The number of nitrogens with zero attached hydrogens (tertiary/aromatic N) is 1. The van der Waals surface area contributed by atoms with Crippen molar-refractivity contribution in [3.8, 4) is 0 Å². The van der Waals surface area contributed by atoms with Crippen LogP contribution in [0, 0.1) is 0 Å². The van der Waals surface area contributed by atoms with Gasteiger partial charge in [-0.3, -0.25) is 9.69 Å². The summed E-state index contributed by atoms with van der Waals surface area (Å²) in [7, 11) is 4.55. The highest BCUT2D eigenvalue weighted by molar-refractivity contribution is 5.87. The van der Waals surface area contributed by atoms with Gasteiger partial charge in [0.1, 0.15) is 5.41 Å². The number of ether oxygens (including phenoxy) is 3. The van der Waals surface area contributed by atoms with Crippen molar-refractivity contribution in [3.05, 3.63) is 59.2 Å². The minimum atomic E-state index is -1.37. The Kier molecular flexibility index (Phi) is 6.32. The third kappa shape index (κ3) is 3.05. The molecule has 1 aliphatic rings. The van der Waals surface area contributed by atoms with Gasteiger partial charge in [-0.15, -0.1) is 0 Å². The number of hydrogen-bond donors (Lipinski definition) is 1. The van der Waals surface area contributed by atoms with Crippen LogP contribution in [0.3, 0.4) is 0 Å². The maximum atomic E-state index is 12.7. The molecule has 0 heterocycles. The third-order valence-electron chi connectivity index (χ3n) is 4.91. The van der Waals surface area contributed by atoms with E-state index < -0.39 is 17.4 Å². The fraction of sp³-hybridized carbons (Fsp3) is 0.450. The Bertz CT molecular complexity index is 693. The molecule has 0 radical (unpaired) electrons. The second-order valence-corrected chi connectivity index (χ2v) is 5.98. The normalized spacial score (nSPS) is 22.8. The fourth-order valence-corrected chi connectivity index (χ4v) is 3.66. The summed E-state index contributed by atoms with van der Waals surface area (Å²) in [6.45, 7) is 5.30. The Morgan fingerprint density at radius 3 is 2.12 bits per heavy atom. The van der Waals surface area contributed by atoms with Crippen molar-refractivity contribution < 1.29 is 24.1 Å². The van der Waals surface area contributed by atoms with E-state index in [0.29, 0.717) is 35.9 Å². The van der Waals surface area contributed by atoms with Crippen molar-refractivity contribution in [2.75, 3.05) is 34.4 Å². The molecule has 2 atom stereocenters. The molecule has 6 nitrogen and oxygen atoms in total. The standard InChI is InChI=1S/C20H27NO5/c1-6-21(7-2)18-17(26-5)16(25-4)15(24-3)13-20(18,19(22)23)14-11-9-8-10-12-14/h8-13,18H,6-7H2,1-5H3,(H,22,23). The van der Waals surface area contributed by atoms with Gasteiger partial charge in [0.15, 0.2) is 17.3 Å². The Hall–Kier alpha value is -2.47. The van der Waals surface area contributed by atoms with Crippen LogP contribution in [-0.4, -0.2) is 56.4 Å². The van der Waals surface area contributed by atoms with Gasteiger partial charge in [-0.2, -0.15) is 0 Å². The number of aliphatic carboxylic acids is 1. The van der Waals surface area contributed by atoms with Gasteiger partial charge in [0.25, 0.3) is 0 Å². The van der Waals surface area contributed by atoms with Gasteiger partial charge < -0.3 is 19.3 Å². The molecule has 1 aromatic rings. The number of rotatable bonds is 8. The Balaban J connectivity index is 2.87. The van der Waals surface area contributed by atoms with Gasteiger partial charge in [0.2, 0.25) is 0 Å². The zero-order valence-corrected chi connectivity index (χ0v) is 16.0. The molecule has 2 unspecified atom stereocenters. The molecule has 0 aliphatic heterocycles. The number of likely N-dealkylation sites (N-methyl/N-ethyl adjacent to an activating group) is 1. The van der Waals surface area contributed by atoms with E-state index in [1.54, 1.807) is 6.08 Å². The van der Waals surface area contributed by atoms with Crippen molar-refractivity contribution in [2.45, 2.75) is 25.3 Å². The molecule has 1 N–H and O–H groups in total. The van der Waals surface area contributed by atoms with Gasteiger partial charge in [0, 0.05) is 0 Å². The highest BCUT2D eigenvalue weighted by atomic mass is 16.5. The second-order valence-electron chi connectivity index (χ2n) is 5.98. The molecular formula is C20H27NO5. The zero-order valence-electron chi connectivity index (χ0n) is 16.0. The molecule has 0 amide bonds. The lowest BCUT2D eigenvalue weighted by Crippen LogP contribution is -2.57. The number of hydrogen-bond acceptors (Lipinski definition) is 5. The first-order valence-corrected chi connectivity index (χ1v) is 8.64. The van der Waals surface area contributed by atoms with E-state index in [1.807, 2.05) is 44.2 Å². The van der Waals surface area contributed by atoms with Gasteiger partial charge in [-0.05, 0) is 24.7 Å². The Morgan fingerprint density at radius 2 is 1.69 bits per heavy atom. The number of carbonyl (C=O) groups is 1. The summed E-state index contributed by atoms with van der Waals surface area (Å²) < 4.78 is 16.7. The Morgan fingerprint density at radius 1 is 1.08 bits per heavy atom. The largest absolute Gasteiger partial charge is 0.495 e. The molecule has 1 aromatic carbocycles. The average Bonchev–Trinajstić information content (AvgIpc) is 2.68. The minimum Gasteiger partial charge on any atom is -0.495 e. The Labute approximate surface area is 154 Å². The minimum absolute atomic E-state index is 0.346. The fourth-order valence-electron chi connectivity index (χ4n) is 3.66. The lowest BCUT2D eigenvalue weighted by molar-refractivity contribution is -0.145. The molecule has 2 rings (SSSR count). The van der Waals surface area contributed by atoms with Crippen LogP contribution in [0.4, 0.5) is 0 Å². The van der Waals surface area contributed by atoms with Crippen LogP contribution < -0.4 is 0 Å². The first-order chi connectivity index (χ1) is 12.5. The summed E-state index contributed by atoms with van der Waals surface area (Å²) in [6, 6.07) is 8.60. The number of carboxylic acid groups (broad SMARTS) is 1. The lowest BCUT2D eigenvalue weighted by Gasteiger charge is -2.44. The van der Waals surface area contributed by atoms with Crippen molar-refractivity contribution in [3.63, 3.8) is 0 Å². The summed E-state index contributed by atoms with van der Waals surface area (Å²) in [5.74, 6) is 0.236. The van der Waals surface area contributed by atoms with E-state index in [1.165, 1.54) is 21.3 Å². The summed E-state index contributed by atoms with van der Waals surface area (Å²) in [5, 5.41) is 10.4. The lowest BCUT2D eigenvalue weighted by atomic mass is 9.69. The second kappa shape index (κ2) is 8.27. The molecule has 0 bridgehead atoms. The van der Waals surface area contributed by atoms with Crippen LogP contribution in [0.15, 0.2) is 53.7 Å². The van der Waals surface area contributed by atoms with Crippen LogP contribution >= 0.6 is 0 Å². The predicted molar refractivity (Wildman–Crippen MR) is 98.6 cm³/mol. The predicted octanol–water partition coefficient (Wildman–Crippen LogP) is 2.77. The number of benzene rings is 1. The highest BCUT2D eigenvalue weighted by Gasteiger charge is 2.55. The van der Waals surface area contributed by atoms with E-state index in [9.17, 15) is 9.90 Å². The molecule has 0 aromatic heterocycles. The average molecular weight is 361 g/mol. The molecule has 0 saturated heterocycles. The molecule has 142 valence electrons. The number of methoxy groups -OCH3 is 3.